The SMILES string of the molecule is Cc1cc(C(F)(F)Cl)n2nc(C(=O)NCc3cn(C)nc3C)cc2n1. The van der Waals surface area contributed by atoms with Crippen LogP contribution in [0.15, 0.2) is 18.3 Å². The number of nitrogens with one attached hydrogen (secondary N) is 1. The minimum atomic E-state index is -3.63. The van der Waals surface area contributed by atoms with Gasteiger partial charge in [-0.05, 0) is 31.5 Å². The number of carbonyl (C=O) groups excluding carboxylic acids is 1. The lowest BCUT2D eigenvalue weighted by Gasteiger charge is -2.10. The fraction of sp³-hybridized carbons (Fsp3) is 0.333. The van der Waals surface area contributed by atoms with Gasteiger partial charge in [0, 0.05) is 37.1 Å². The van der Waals surface area contributed by atoms with Crippen molar-refractivity contribution in [2.24, 2.45) is 7.05 Å². The molecule has 10 heteroatoms. The molecule has 132 valence electrons. The van der Waals surface area contributed by atoms with Gasteiger partial charge in [-0.15, -0.1) is 0 Å². The second kappa shape index (κ2) is 6.07. The van der Waals surface area contributed by atoms with Gasteiger partial charge < -0.3 is 5.32 Å². The normalized spacial score (nSPS) is 11.9. The fourth-order valence-corrected chi connectivity index (χ4v) is 2.64. The van der Waals surface area contributed by atoms with E-state index in [0.29, 0.717) is 5.69 Å². The van der Waals surface area contributed by atoms with Crippen molar-refractivity contribution in [2.75, 3.05) is 0 Å². The van der Waals surface area contributed by atoms with Gasteiger partial charge >= 0.3 is 5.38 Å². The van der Waals surface area contributed by atoms with Gasteiger partial charge in [0.15, 0.2) is 11.3 Å². The quantitative estimate of drug-likeness (QED) is 0.717. The van der Waals surface area contributed by atoms with Crippen molar-refractivity contribution in [3.8, 4) is 0 Å². The molecule has 0 atom stereocenters. The van der Waals surface area contributed by atoms with Crippen LogP contribution in [-0.4, -0.2) is 30.3 Å². The molecule has 3 heterocycles. The summed E-state index contributed by atoms with van der Waals surface area (Å²) in [6, 6.07) is 2.47. The molecule has 0 aliphatic heterocycles. The summed E-state index contributed by atoms with van der Waals surface area (Å²) in [6.45, 7) is 3.63. The third kappa shape index (κ3) is 3.46. The Balaban J connectivity index is 1.88. The zero-order valence-electron chi connectivity index (χ0n) is 13.7. The molecule has 3 rings (SSSR count). The van der Waals surface area contributed by atoms with Crippen LogP contribution < -0.4 is 5.32 Å². The van der Waals surface area contributed by atoms with Crippen LogP contribution in [0.25, 0.3) is 5.65 Å². The van der Waals surface area contributed by atoms with Crippen LogP contribution in [0.2, 0.25) is 0 Å². The van der Waals surface area contributed by atoms with E-state index in [1.165, 1.54) is 6.07 Å². The zero-order chi connectivity index (χ0) is 18.4. The Kier molecular flexibility index (Phi) is 4.19. The van der Waals surface area contributed by atoms with Crippen LogP contribution in [0.1, 0.15) is 33.1 Å². The predicted octanol–water partition coefficient (Wildman–Crippen LogP) is 2.30. The van der Waals surface area contributed by atoms with Crippen molar-refractivity contribution in [1.82, 2.24) is 29.7 Å². The second-order valence-corrected chi connectivity index (χ2v) is 6.15. The molecule has 0 aliphatic rings. The maximum Gasteiger partial charge on any atom is 0.364 e. The van der Waals surface area contributed by atoms with Crippen molar-refractivity contribution >= 4 is 23.2 Å². The molecular weight excluding hydrogens is 354 g/mol. The highest BCUT2D eigenvalue weighted by Gasteiger charge is 2.32. The summed E-state index contributed by atoms with van der Waals surface area (Å²) in [5.74, 6) is -0.504. The molecular formula is C15H15ClF2N6O. The third-order valence-corrected chi connectivity index (χ3v) is 3.83. The minimum absolute atomic E-state index is 0.0261. The third-order valence-electron chi connectivity index (χ3n) is 3.63. The van der Waals surface area contributed by atoms with Crippen LogP contribution in [0, 0.1) is 13.8 Å². The number of nitrogens with zero attached hydrogens (tertiary/aromatic N) is 5. The average molecular weight is 369 g/mol. The Morgan fingerprint density at radius 1 is 1.32 bits per heavy atom. The van der Waals surface area contributed by atoms with Crippen molar-refractivity contribution in [3.63, 3.8) is 0 Å². The first-order chi connectivity index (χ1) is 11.6. The molecule has 0 fully saturated rings. The number of hydrogen-bond donors (Lipinski definition) is 1. The number of alkyl halides is 3. The molecule has 0 unspecified atom stereocenters. The Morgan fingerprint density at radius 2 is 2.04 bits per heavy atom. The summed E-state index contributed by atoms with van der Waals surface area (Å²) < 4.78 is 29.6. The molecule has 0 saturated heterocycles. The minimum Gasteiger partial charge on any atom is -0.346 e. The van der Waals surface area contributed by atoms with Gasteiger partial charge in [0.25, 0.3) is 5.91 Å². The molecule has 1 N–H and O–H groups in total. The Labute approximate surface area is 146 Å². The Morgan fingerprint density at radius 3 is 2.64 bits per heavy atom. The molecule has 1 amide bonds. The van der Waals surface area contributed by atoms with Crippen molar-refractivity contribution in [3.05, 3.63) is 46.7 Å². The molecule has 0 radical (unpaired) electrons. The van der Waals surface area contributed by atoms with E-state index in [4.69, 9.17) is 11.6 Å². The molecule has 0 bridgehead atoms. The van der Waals surface area contributed by atoms with Crippen molar-refractivity contribution < 1.29 is 13.6 Å². The van der Waals surface area contributed by atoms with E-state index >= 15 is 0 Å². The van der Waals surface area contributed by atoms with E-state index in [9.17, 15) is 13.6 Å². The molecule has 25 heavy (non-hydrogen) atoms. The van der Waals surface area contributed by atoms with Gasteiger partial charge in [-0.25, -0.2) is 9.50 Å². The van der Waals surface area contributed by atoms with Crippen LogP contribution in [-0.2, 0) is 19.0 Å². The predicted molar refractivity (Wildman–Crippen MR) is 86.6 cm³/mol. The number of aromatic nitrogens is 5. The summed E-state index contributed by atoms with van der Waals surface area (Å²) in [6.07, 6.45) is 1.79. The molecule has 3 aromatic rings. The Hall–Kier alpha value is -2.55. The maximum atomic E-state index is 13.6. The van der Waals surface area contributed by atoms with Gasteiger partial charge in [0.05, 0.1) is 5.69 Å². The number of carbonyl (C=O) groups is 1. The van der Waals surface area contributed by atoms with Gasteiger partial charge in [-0.2, -0.15) is 19.0 Å². The van der Waals surface area contributed by atoms with E-state index in [2.05, 4.69) is 20.5 Å². The number of fused-ring (bicyclic) bond motifs is 1. The molecule has 0 aliphatic carbocycles. The summed E-state index contributed by atoms with van der Waals surface area (Å²) >= 11 is 5.13. The summed E-state index contributed by atoms with van der Waals surface area (Å²) in [4.78, 5) is 16.4. The number of hydrogen-bond acceptors (Lipinski definition) is 4. The highest BCUT2D eigenvalue weighted by atomic mass is 35.5. The average Bonchev–Trinajstić information content (AvgIpc) is 3.05. The number of rotatable bonds is 4. The highest BCUT2D eigenvalue weighted by Crippen LogP contribution is 2.32. The van der Waals surface area contributed by atoms with E-state index in [-0.39, 0.29) is 17.9 Å². The molecule has 0 aromatic carbocycles. The van der Waals surface area contributed by atoms with Crippen LogP contribution in [0.5, 0.6) is 0 Å². The number of halogens is 3. The van der Waals surface area contributed by atoms with E-state index < -0.39 is 17.0 Å². The van der Waals surface area contributed by atoms with E-state index in [1.807, 2.05) is 6.92 Å². The summed E-state index contributed by atoms with van der Waals surface area (Å²) in [7, 11) is 1.78. The van der Waals surface area contributed by atoms with Crippen molar-refractivity contribution in [1.29, 1.82) is 0 Å². The zero-order valence-corrected chi connectivity index (χ0v) is 14.5. The van der Waals surface area contributed by atoms with E-state index in [0.717, 1.165) is 21.8 Å². The summed E-state index contributed by atoms with van der Waals surface area (Å²) in [5.41, 5.74) is 1.54. The molecule has 7 nitrogen and oxygen atoms in total. The number of amides is 1. The largest absolute Gasteiger partial charge is 0.364 e. The maximum absolute atomic E-state index is 13.6. The molecule has 3 aromatic heterocycles. The molecule has 0 saturated carbocycles. The smallest absolute Gasteiger partial charge is 0.346 e. The second-order valence-electron chi connectivity index (χ2n) is 5.68. The monoisotopic (exact) mass is 368 g/mol. The number of aryl methyl sites for hydroxylation is 3. The Bertz CT molecular complexity index is 959. The summed E-state index contributed by atoms with van der Waals surface area (Å²) in [5, 5.41) is 7.16. The topological polar surface area (TPSA) is 77.1 Å². The van der Waals surface area contributed by atoms with E-state index in [1.54, 1.807) is 24.9 Å². The van der Waals surface area contributed by atoms with Crippen molar-refractivity contribution in [2.45, 2.75) is 25.8 Å². The van der Waals surface area contributed by atoms with Gasteiger partial charge in [0.2, 0.25) is 0 Å². The lowest BCUT2D eigenvalue weighted by molar-refractivity contribution is 0.0864. The lowest BCUT2D eigenvalue weighted by Crippen LogP contribution is -2.23. The fourth-order valence-electron chi connectivity index (χ4n) is 2.50. The highest BCUT2D eigenvalue weighted by molar-refractivity contribution is 6.21. The molecule has 0 spiro atoms. The first kappa shape index (κ1) is 17.3. The van der Waals surface area contributed by atoms with Gasteiger partial charge in [-0.3, -0.25) is 9.48 Å². The standard InChI is InChI=1S/C15H15ClF2N6O/c1-8-4-12(15(16,17)18)24-13(20-8)5-11(22-24)14(25)19-6-10-7-23(3)21-9(10)2/h4-5,7H,6H2,1-3H3,(H,19,25). The van der Waals surface area contributed by atoms with Gasteiger partial charge in [-0.1, -0.05) is 0 Å². The lowest BCUT2D eigenvalue weighted by atomic mass is 10.2. The van der Waals surface area contributed by atoms with Crippen LogP contribution in [0.4, 0.5) is 8.78 Å². The van der Waals surface area contributed by atoms with Crippen LogP contribution in [0.3, 0.4) is 0 Å². The first-order valence-electron chi connectivity index (χ1n) is 7.37. The van der Waals surface area contributed by atoms with Gasteiger partial charge in [0.1, 0.15) is 5.69 Å². The first-order valence-corrected chi connectivity index (χ1v) is 7.75. The van der Waals surface area contributed by atoms with Crippen LogP contribution >= 0.6 is 11.6 Å².